The smallest absolute Gasteiger partial charge is 0.307 e. The summed E-state index contributed by atoms with van der Waals surface area (Å²) >= 11 is 5.72. The maximum atomic E-state index is 10.8. The van der Waals surface area contributed by atoms with Crippen LogP contribution in [-0.2, 0) is 9.53 Å². The maximum Gasteiger partial charge on any atom is 0.307 e. The highest BCUT2D eigenvalue weighted by Gasteiger charge is 1.98. The second kappa shape index (κ2) is 5.50. The fourth-order valence-electron chi connectivity index (χ4n) is 0.979. The summed E-state index contributed by atoms with van der Waals surface area (Å²) in [6.45, 7) is 0.564. The predicted octanol–water partition coefficient (Wildman–Crippen LogP) is 2.32. The molecule has 14 heavy (non-hydrogen) atoms. The van der Waals surface area contributed by atoms with E-state index in [1.54, 1.807) is 12.1 Å². The van der Waals surface area contributed by atoms with Crippen LogP contribution >= 0.6 is 11.6 Å². The summed E-state index contributed by atoms with van der Waals surface area (Å²) in [5.74, 6) is -0.216. The Hall–Kier alpha value is -1.22. The largest absolute Gasteiger partial charge is 0.469 e. The molecule has 0 aliphatic rings. The van der Waals surface area contributed by atoms with Crippen LogP contribution in [0.3, 0.4) is 0 Å². The molecule has 3 nitrogen and oxygen atoms in total. The molecule has 0 atom stereocenters. The van der Waals surface area contributed by atoms with Crippen LogP contribution in [0, 0.1) is 0 Å². The number of esters is 1. The average molecular weight is 214 g/mol. The second-order valence-corrected chi connectivity index (χ2v) is 3.20. The Morgan fingerprint density at radius 1 is 1.43 bits per heavy atom. The third-order valence-electron chi connectivity index (χ3n) is 1.73. The number of benzene rings is 1. The molecule has 1 aromatic carbocycles. The minimum atomic E-state index is -0.216. The van der Waals surface area contributed by atoms with Crippen molar-refractivity contribution >= 4 is 23.3 Å². The molecule has 0 aliphatic carbocycles. The highest BCUT2D eigenvalue weighted by Crippen LogP contribution is 2.13. The van der Waals surface area contributed by atoms with Gasteiger partial charge in [-0.05, 0) is 24.3 Å². The van der Waals surface area contributed by atoms with Crippen molar-refractivity contribution in [2.24, 2.45) is 0 Å². The number of anilines is 1. The highest BCUT2D eigenvalue weighted by molar-refractivity contribution is 6.30. The third-order valence-corrected chi connectivity index (χ3v) is 1.98. The molecule has 0 bridgehead atoms. The standard InChI is InChI=1S/C10H12ClNO2/c1-14-10(13)6-7-12-9-4-2-8(11)3-5-9/h2-5,12H,6-7H2,1H3. The van der Waals surface area contributed by atoms with E-state index < -0.39 is 0 Å². The third kappa shape index (κ3) is 3.66. The summed E-state index contributed by atoms with van der Waals surface area (Å²) in [6.07, 6.45) is 0.360. The van der Waals surface area contributed by atoms with Crippen molar-refractivity contribution in [1.82, 2.24) is 0 Å². The van der Waals surface area contributed by atoms with E-state index in [0.29, 0.717) is 18.0 Å². The molecular weight excluding hydrogens is 202 g/mol. The lowest BCUT2D eigenvalue weighted by molar-refractivity contribution is -0.140. The molecule has 0 heterocycles. The Labute approximate surface area is 88.0 Å². The summed E-state index contributed by atoms with van der Waals surface area (Å²) in [7, 11) is 1.38. The topological polar surface area (TPSA) is 38.3 Å². The van der Waals surface area contributed by atoms with Crippen molar-refractivity contribution in [3.8, 4) is 0 Å². The molecule has 0 saturated heterocycles. The quantitative estimate of drug-likeness (QED) is 0.781. The summed E-state index contributed by atoms with van der Waals surface area (Å²) in [5.41, 5.74) is 0.943. The zero-order valence-electron chi connectivity index (χ0n) is 7.92. The van der Waals surface area contributed by atoms with Crippen LogP contribution in [0.25, 0.3) is 0 Å². The predicted molar refractivity (Wildman–Crippen MR) is 56.6 cm³/mol. The van der Waals surface area contributed by atoms with Gasteiger partial charge in [0.2, 0.25) is 0 Å². The monoisotopic (exact) mass is 213 g/mol. The van der Waals surface area contributed by atoms with Crippen molar-refractivity contribution in [3.63, 3.8) is 0 Å². The molecule has 76 valence electrons. The van der Waals surface area contributed by atoms with E-state index in [9.17, 15) is 4.79 Å². The number of halogens is 1. The summed E-state index contributed by atoms with van der Waals surface area (Å²) < 4.78 is 4.51. The van der Waals surface area contributed by atoms with E-state index in [1.807, 2.05) is 12.1 Å². The Bertz CT molecular complexity index is 297. The van der Waals surface area contributed by atoms with Gasteiger partial charge in [0.1, 0.15) is 0 Å². The molecule has 0 aromatic heterocycles. The molecule has 0 radical (unpaired) electrons. The first-order chi connectivity index (χ1) is 6.72. The first-order valence-electron chi connectivity index (χ1n) is 4.28. The van der Waals surface area contributed by atoms with Gasteiger partial charge in [-0.2, -0.15) is 0 Å². The minimum Gasteiger partial charge on any atom is -0.469 e. The molecule has 4 heteroatoms. The summed E-state index contributed by atoms with van der Waals surface area (Å²) in [4.78, 5) is 10.8. The van der Waals surface area contributed by atoms with Crippen molar-refractivity contribution in [1.29, 1.82) is 0 Å². The molecule has 0 unspecified atom stereocenters. The van der Waals surface area contributed by atoms with Crippen molar-refractivity contribution in [2.75, 3.05) is 19.0 Å². The van der Waals surface area contributed by atoms with Gasteiger partial charge < -0.3 is 10.1 Å². The van der Waals surface area contributed by atoms with Crippen molar-refractivity contribution < 1.29 is 9.53 Å². The van der Waals surface area contributed by atoms with Crippen LogP contribution in [-0.4, -0.2) is 19.6 Å². The van der Waals surface area contributed by atoms with Crippen LogP contribution in [0.5, 0.6) is 0 Å². The molecule has 0 amide bonds. The van der Waals surface area contributed by atoms with Crippen LogP contribution in [0.4, 0.5) is 5.69 Å². The zero-order valence-corrected chi connectivity index (χ0v) is 8.67. The maximum absolute atomic E-state index is 10.8. The van der Waals surface area contributed by atoms with Gasteiger partial charge in [0.15, 0.2) is 0 Å². The number of hydrogen-bond acceptors (Lipinski definition) is 3. The van der Waals surface area contributed by atoms with E-state index >= 15 is 0 Å². The van der Waals surface area contributed by atoms with E-state index in [1.165, 1.54) is 7.11 Å². The number of ether oxygens (including phenoxy) is 1. The first kappa shape index (κ1) is 10.9. The highest BCUT2D eigenvalue weighted by atomic mass is 35.5. The lowest BCUT2D eigenvalue weighted by atomic mass is 10.3. The summed E-state index contributed by atoms with van der Waals surface area (Å²) in [5, 5.41) is 3.78. The number of rotatable bonds is 4. The molecule has 0 aliphatic heterocycles. The van der Waals surface area contributed by atoms with Crippen molar-refractivity contribution in [2.45, 2.75) is 6.42 Å². The van der Waals surface area contributed by atoms with Gasteiger partial charge in [-0.3, -0.25) is 4.79 Å². The number of carbonyl (C=O) groups excluding carboxylic acids is 1. The summed E-state index contributed by atoms with van der Waals surface area (Å²) in [6, 6.07) is 7.31. The lowest BCUT2D eigenvalue weighted by Crippen LogP contribution is -2.09. The Morgan fingerprint density at radius 3 is 2.64 bits per heavy atom. The van der Waals surface area contributed by atoms with Crippen LogP contribution in [0.15, 0.2) is 24.3 Å². The normalized spacial score (nSPS) is 9.57. The van der Waals surface area contributed by atoms with Gasteiger partial charge in [0, 0.05) is 17.3 Å². The SMILES string of the molecule is COC(=O)CCNc1ccc(Cl)cc1. The van der Waals surface area contributed by atoms with E-state index in [4.69, 9.17) is 11.6 Å². The van der Waals surface area contributed by atoms with Gasteiger partial charge in [0.05, 0.1) is 13.5 Å². The van der Waals surface area contributed by atoms with Crippen LogP contribution in [0.1, 0.15) is 6.42 Å². The molecule has 1 aromatic rings. The number of methoxy groups -OCH3 is 1. The number of hydrogen-bond donors (Lipinski definition) is 1. The minimum absolute atomic E-state index is 0.216. The van der Waals surface area contributed by atoms with E-state index in [2.05, 4.69) is 10.1 Å². The van der Waals surface area contributed by atoms with E-state index in [0.717, 1.165) is 5.69 Å². The Kier molecular flexibility index (Phi) is 4.26. The first-order valence-corrected chi connectivity index (χ1v) is 4.66. The molecule has 0 fully saturated rings. The van der Waals surface area contributed by atoms with Gasteiger partial charge in [-0.15, -0.1) is 0 Å². The van der Waals surface area contributed by atoms with Gasteiger partial charge in [-0.25, -0.2) is 0 Å². The fourth-order valence-corrected chi connectivity index (χ4v) is 1.10. The molecule has 0 saturated carbocycles. The van der Waals surface area contributed by atoms with Crippen LogP contribution < -0.4 is 5.32 Å². The van der Waals surface area contributed by atoms with Crippen molar-refractivity contribution in [3.05, 3.63) is 29.3 Å². The van der Waals surface area contributed by atoms with Gasteiger partial charge >= 0.3 is 5.97 Å². The fraction of sp³-hybridized carbons (Fsp3) is 0.300. The number of nitrogens with one attached hydrogen (secondary N) is 1. The van der Waals surface area contributed by atoms with E-state index in [-0.39, 0.29) is 5.97 Å². The average Bonchev–Trinajstić information content (AvgIpc) is 2.21. The number of carbonyl (C=O) groups is 1. The molecular formula is C10H12ClNO2. The Balaban J connectivity index is 2.31. The molecule has 1 rings (SSSR count). The molecule has 1 N–H and O–H groups in total. The second-order valence-electron chi connectivity index (χ2n) is 2.76. The van der Waals surface area contributed by atoms with Gasteiger partial charge in [0.25, 0.3) is 0 Å². The zero-order chi connectivity index (χ0) is 10.4. The van der Waals surface area contributed by atoms with Gasteiger partial charge in [-0.1, -0.05) is 11.6 Å². The Morgan fingerprint density at radius 2 is 2.07 bits per heavy atom. The van der Waals surface area contributed by atoms with Crippen LogP contribution in [0.2, 0.25) is 5.02 Å². The molecule has 0 spiro atoms. The lowest BCUT2D eigenvalue weighted by Gasteiger charge is -2.04.